The topological polar surface area (TPSA) is 81.8 Å². The molecule has 7 nitrogen and oxygen atoms in total. The van der Waals surface area contributed by atoms with Gasteiger partial charge in [-0.05, 0) is 37.5 Å². The van der Waals surface area contributed by atoms with Crippen molar-refractivity contribution < 1.29 is 23.2 Å². The molecular formula is C21H22F2N4O3. The second kappa shape index (κ2) is 8.48. The van der Waals surface area contributed by atoms with E-state index in [2.05, 4.69) is 10.7 Å². The second-order valence-corrected chi connectivity index (χ2v) is 7.38. The first kappa shape index (κ1) is 21.2. The van der Waals surface area contributed by atoms with Crippen molar-refractivity contribution in [3.8, 4) is 0 Å². The summed E-state index contributed by atoms with van der Waals surface area (Å²) in [5.41, 5.74) is 2.43. The summed E-state index contributed by atoms with van der Waals surface area (Å²) >= 11 is 0. The Morgan fingerprint density at radius 2 is 1.83 bits per heavy atom. The maximum absolute atomic E-state index is 13.4. The molecule has 158 valence electrons. The number of carbonyl (C=O) groups excluding carboxylic acids is 3. The van der Waals surface area contributed by atoms with Gasteiger partial charge in [-0.25, -0.2) is 13.6 Å². The lowest BCUT2D eigenvalue weighted by Crippen LogP contribution is -2.51. The van der Waals surface area contributed by atoms with Crippen LogP contribution < -0.4 is 15.6 Å². The quantitative estimate of drug-likeness (QED) is 0.679. The van der Waals surface area contributed by atoms with Crippen LogP contribution in [0.4, 0.5) is 19.3 Å². The van der Waals surface area contributed by atoms with Crippen molar-refractivity contribution >= 4 is 23.5 Å². The standard InChI is InChI=1S/C21H22F2N4O3/c1-21(11-10-14-6-4-3-5-7-14)19(29)27(20(30)24-21)25-18(28)13-26(2)15-8-9-16(22)17(23)12-15/h3-9,12H,10-11,13H2,1-2H3,(H,24,30)(H,25,28). The molecule has 1 aliphatic rings. The Balaban J connectivity index is 1.60. The van der Waals surface area contributed by atoms with Gasteiger partial charge in [0, 0.05) is 18.8 Å². The number of benzene rings is 2. The van der Waals surface area contributed by atoms with E-state index in [1.165, 1.54) is 18.0 Å². The first-order valence-electron chi connectivity index (χ1n) is 9.36. The molecule has 1 aliphatic heterocycles. The van der Waals surface area contributed by atoms with E-state index in [0.717, 1.165) is 17.7 Å². The molecule has 2 aromatic rings. The molecule has 0 saturated carbocycles. The number of nitrogens with zero attached hydrogens (tertiary/aromatic N) is 2. The average Bonchev–Trinajstić information content (AvgIpc) is 2.92. The fourth-order valence-electron chi connectivity index (χ4n) is 3.18. The van der Waals surface area contributed by atoms with Crippen molar-refractivity contribution in [2.24, 2.45) is 0 Å². The number of likely N-dealkylation sites (N-methyl/N-ethyl adjacent to an activating group) is 1. The van der Waals surface area contributed by atoms with Crippen LogP contribution in [0, 0.1) is 11.6 Å². The minimum absolute atomic E-state index is 0.272. The Kier molecular flexibility index (Phi) is 6.00. The Labute approximate surface area is 172 Å². The molecule has 30 heavy (non-hydrogen) atoms. The highest BCUT2D eigenvalue weighted by atomic mass is 19.2. The van der Waals surface area contributed by atoms with E-state index in [4.69, 9.17) is 0 Å². The molecule has 3 rings (SSSR count). The highest BCUT2D eigenvalue weighted by Crippen LogP contribution is 2.22. The number of urea groups is 1. The molecule has 0 radical (unpaired) electrons. The molecule has 1 unspecified atom stereocenters. The molecule has 0 aromatic heterocycles. The Morgan fingerprint density at radius 3 is 2.50 bits per heavy atom. The van der Waals surface area contributed by atoms with Crippen molar-refractivity contribution in [1.82, 2.24) is 15.8 Å². The number of hydrazine groups is 1. The number of hydrogen-bond acceptors (Lipinski definition) is 4. The lowest BCUT2D eigenvalue weighted by molar-refractivity contribution is -0.138. The van der Waals surface area contributed by atoms with E-state index in [9.17, 15) is 23.2 Å². The average molecular weight is 416 g/mol. The highest BCUT2D eigenvalue weighted by molar-refractivity contribution is 6.07. The normalized spacial score (nSPS) is 18.3. The minimum Gasteiger partial charge on any atom is -0.365 e. The summed E-state index contributed by atoms with van der Waals surface area (Å²) < 4.78 is 26.4. The van der Waals surface area contributed by atoms with Crippen molar-refractivity contribution in [3.63, 3.8) is 0 Å². The number of hydrogen-bond donors (Lipinski definition) is 2. The molecular weight excluding hydrogens is 394 g/mol. The molecule has 4 amide bonds. The van der Waals surface area contributed by atoms with Crippen molar-refractivity contribution in [3.05, 3.63) is 65.7 Å². The molecule has 1 saturated heterocycles. The summed E-state index contributed by atoms with van der Waals surface area (Å²) in [7, 11) is 1.50. The number of amides is 4. The van der Waals surface area contributed by atoms with Crippen LogP contribution in [0.15, 0.2) is 48.5 Å². The Morgan fingerprint density at radius 1 is 1.13 bits per heavy atom. The van der Waals surface area contributed by atoms with Gasteiger partial charge in [0.25, 0.3) is 11.8 Å². The third-order valence-electron chi connectivity index (χ3n) is 4.98. The van der Waals surface area contributed by atoms with Gasteiger partial charge in [0.05, 0.1) is 6.54 Å². The van der Waals surface area contributed by atoms with Crippen LogP contribution in [0.3, 0.4) is 0 Å². The molecule has 0 bridgehead atoms. The van der Waals surface area contributed by atoms with Crippen LogP contribution in [0.2, 0.25) is 0 Å². The van der Waals surface area contributed by atoms with E-state index < -0.39 is 35.0 Å². The van der Waals surface area contributed by atoms with E-state index in [0.29, 0.717) is 17.9 Å². The molecule has 0 aliphatic carbocycles. The predicted molar refractivity (Wildman–Crippen MR) is 106 cm³/mol. The summed E-state index contributed by atoms with van der Waals surface area (Å²) in [5.74, 6) is -3.25. The van der Waals surface area contributed by atoms with Gasteiger partial charge in [0.1, 0.15) is 5.54 Å². The number of rotatable bonds is 7. The molecule has 2 aromatic carbocycles. The summed E-state index contributed by atoms with van der Waals surface area (Å²) in [6.45, 7) is 1.33. The zero-order chi connectivity index (χ0) is 21.9. The van der Waals surface area contributed by atoms with E-state index in [1.54, 1.807) is 6.92 Å². The van der Waals surface area contributed by atoms with Crippen LogP contribution >= 0.6 is 0 Å². The molecule has 1 heterocycles. The number of halogens is 2. The van der Waals surface area contributed by atoms with E-state index in [-0.39, 0.29) is 12.2 Å². The zero-order valence-corrected chi connectivity index (χ0v) is 16.6. The summed E-state index contributed by atoms with van der Waals surface area (Å²) in [6.07, 6.45) is 0.937. The number of carbonyl (C=O) groups is 3. The molecule has 2 N–H and O–H groups in total. The van der Waals surface area contributed by atoms with Crippen molar-refractivity contribution in [2.75, 3.05) is 18.5 Å². The van der Waals surface area contributed by atoms with Crippen LogP contribution in [-0.2, 0) is 16.0 Å². The Bertz CT molecular complexity index is 970. The second-order valence-electron chi connectivity index (χ2n) is 7.38. The molecule has 1 atom stereocenters. The van der Waals surface area contributed by atoms with Crippen LogP contribution in [0.5, 0.6) is 0 Å². The number of aryl methyl sites for hydroxylation is 1. The summed E-state index contributed by atoms with van der Waals surface area (Å²) in [4.78, 5) is 38.7. The maximum Gasteiger partial charge on any atom is 0.344 e. The number of imide groups is 1. The largest absolute Gasteiger partial charge is 0.365 e. The summed E-state index contributed by atoms with van der Waals surface area (Å²) in [6, 6.07) is 12.0. The third-order valence-corrected chi connectivity index (χ3v) is 4.98. The lowest BCUT2D eigenvalue weighted by atomic mass is 9.93. The first-order chi connectivity index (χ1) is 14.2. The van der Waals surface area contributed by atoms with Gasteiger partial charge in [0.15, 0.2) is 11.6 Å². The monoisotopic (exact) mass is 416 g/mol. The first-order valence-corrected chi connectivity index (χ1v) is 9.36. The van der Waals surface area contributed by atoms with Gasteiger partial charge in [-0.2, -0.15) is 5.01 Å². The van der Waals surface area contributed by atoms with Gasteiger partial charge < -0.3 is 10.2 Å². The molecule has 1 fully saturated rings. The van der Waals surface area contributed by atoms with Gasteiger partial charge in [0.2, 0.25) is 0 Å². The zero-order valence-electron chi connectivity index (χ0n) is 16.6. The van der Waals surface area contributed by atoms with Crippen LogP contribution in [0.1, 0.15) is 18.9 Å². The molecule has 0 spiro atoms. The smallest absolute Gasteiger partial charge is 0.344 e. The van der Waals surface area contributed by atoms with Crippen LogP contribution in [-0.4, -0.2) is 42.0 Å². The van der Waals surface area contributed by atoms with Gasteiger partial charge in [-0.15, -0.1) is 0 Å². The van der Waals surface area contributed by atoms with Crippen molar-refractivity contribution in [1.29, 1.82) is 0 Å². The van der Waals surface area contributed by atoms with E-state index in [1.807, 2.05) is 30.3 Å². The minimum atomic E-state index is -1.15. The maximum atomic E-state index is 13.4. The number of anilines is 1. The summed E-state index contributed by atoms with van der Waals surface area (Å²) in [5, 5.41) is 3.28. The van der Waals surface area contributed by atoms with Gasteiger partial charge >= 0.3 is 6.03 Å². The van der Waals surface area contributed by atoms with Crippen molar-refractivity contribution in [2.45, 2.75) is 25.3 Å². The lowest BCUT2D eigenvalue weighted by Gasteiger charge is -2.23. The highest BCUT2D eigenvalue weighted by Gasteiger charge is 2.48. The van der Waals surface area contributed by atoms with Crippen LogP contribution in [0.25, 0.3) is 0 Å². The molecule has 9 heteroatoms. The van der Waals surface area contributed by atoms with Gasteiger partial charge in [-0.3, -0.25) is 15.0 Å². The van der Waals surface area contributed by atoms with Gasteiger partial charge in [-0.1, -0.05) is 30.3 Å². The predicted octanol–water partition coefficient (Wildman–Crippen LogP) is 2.38. The fourth-order valence-corrected chi connectivity index (χ4v) is 3.18. The SMILES string of the molecule is CN(CC(=O)NN1C(=O)NC(C)(CCc2ccccc2)C1=O)c1ccc(F)c(F)c1. The van der Waals surface area contributed by atoms with E-state index >= 15 is 0 Å². The fraction of sp³-hybridized carbons (Fsp3) is 0.286. The Hall–Kier alpha value is -3.49. The number of nitrogens with one attached hydrogen (secondary N) is 2. The third kappa shape index (κ3) is 4.56.